The Labute approximate surface area is 117 Å². The fraction of sp³-hybridized carbons (Fsp3) is 0.357. The first-order valence-corrected chi connectivity index (χ1v) is 7.14. The van der Waals surface area contributed by atoms with Crippen LogP contribution in [0, 0.1) is 0 Å². The number of thioether (sulfide) groups is 1. The van der Waals surface area contributed by atoms with Crippen LogP contribution in [0.4, 0.5) is 5.69 Å². The Morgan fingerprint density at radius 1 is 1.47 bits per heavy atom. The molecule has 0 radical (unpaired) electrons. The number of amides is 1. The molecule has 4 nitrogen and oxygen atoms in total. The third-order valence-electron chi connectivity index (χ3n) is 2.86. The third kappa shape index (κ3) is 2.87. The highest BCUT2D eigenvalue weighted by Gasteiger charge is 2.25. The van der Waals surface area contributed by atoms with Crippen LogP contribution in [0.15, 0.2) is 34.2 Å². The third-order valence-corrected chi connectivity index (χ3v) is 3.97. The Morgan fingerprint density at radius 2 is 2.26 bits per heavy atom. The van der Waals surface area contributed by atoms with Gasteiger partial charge in [-0.3, -0.25) is 4.79 Å². The second kappa shape index (κ2) is 6.02. The maximum absolute atomic E-state index is 11.7. The molecule has 0 bridgehead atoms. The molecule has 1 N–H and O–H groups in total. The van der Waals surface area contributed by atoms with E-state index in [1.807, 2.05) is 25.1 Å². The second-order valence-corrected chi connectivity index (χ2v) is 5.12. The van der Waals surface area contributed by atoms with Crippen molar-refractivity contribution in [1.82, 2.24) is 5.32 Å². The number of nitrogens with one attached hydrogen (secondary N) is 1. The van der Waals surface area contributed by atoms with E-state index in [4.69, 9.17) is 4.74 Å². The molecule has 1 amide bonds. The summed E-state index contributed by atoms with van der Waals surface area (Å²) in [6, 6.07) is 5.97. The lowest BCUT2D eigenvalue weighted by Crippen LogP contribution is -2.23. The van der Waals surface area contributed by atoms with E-state index in [0.29, 0.717) is 6.54 Å². The van der Waals surface area contributed by atoms with Crippen molar-refractivity contribution in [2.45, 2.75) is 18.7 Å². The van der Waals surface area contributed by atoms with E-state index in [0.717, 1.165) is 27.9 Å². The van der Waals surface area contributed by atoms with Gasteiger partial charge in [-0.15, -0.1) is 0 Å². The molecule has 102 valence electrons. The van der Waals surface area contributed by atoms with Gasteiger partial charge in [-0.2, -0.15) is 0 Å². The molecule has 1 aromatic rings. The lowest BCUT2D eigenvalue weighted by molar-refractivity contribution is -0.116. The zero-order chi connectivity index (χ0) is 13.8. The molecule has 1 aliphatic heterocycles. The van der Waals surface area contributed by atoms with Gasteiger partial charge in [0.2, 0.25) is 5.91 Å². The van der Waals surface area contributed by atoms with Gasteiger partial charge < -0.3 is 15.0 Å². The standard InChI is InChI=1S/C14H18N2O2S/c1-4-15-13(17)9-14-16(5-2)11-8-10(18-3)6-7-12(11)19-14/h6-9H,4-5H2,1-3H3,(H,15,17)/b14-9-. The average Bonchev–Trinajstić information content (AvgIpc) is 2.74. The van der Waals surface area contributed by atoms with Crippen molar-refractivity contribution in [3.05, 3.63) is 29.3 Å². The predicted molar refractivity (Wildman–Crippen MR) is 78.6 cm³/mol. The molecule has 0 saturated carbocycles. The molecule has 0 spiro atoms. The fourth-order valence-corrected chi connectivity index (χ4v) is 3.12. The molecule has 0 fully saturated rings. The number of rotatable bonds is 4. The van der Waals surface area contributed by atoms with Crippen molar-refractivity contribution in [1.29, 1.82) is 0 Å². The van der Waals surface area contributed by atoms with Crippen LogP contribution in [0.5, 0.6) is 5.75 Å². The van der Waals surface area contributed by atoms with Crippen molar-refractivity contribution < 1.29 is 9.53 Å². The van der Waals surface area contributed by atoms with Crippen molar-refractivity contribution in [2.75, 3.05) is 25.1 Å². The van der Waals surface area contributed by atoms with E-state index in [2.05, 4.69) is 17.1 Å². The minimum absolute atomic E-state index is 0.0526. The monoisotopic (exact) mass is 278 g/mol. The van der Waals surface area contributed by atoms with Crippen molar-refractivity contribution in [3.8, 4) is 5.75 Å². The Morgan fingerprint density at radius 3 is 2.89 bits per heavy atom. The number of anilines is 1. The van der Waals surface area contributed by atoms with Crippen molar-refractivity contribution in [3.63, 3.8) is 0 Å². The van der Waals surface area contributed by atoms with E-state index in [-0.39, 0.29) is 5.91 Å². The number of carbonyl (C=O) groups excluding carboxylic acids is 1. The molecule has 0 saturated heterocycles. The van der Waals surface area contributed by atoms with Gasteiger partial charge in [0.15, 0.2) is 0 Å². The van der Waals surface area contributed by atoms with E-state index < -0.39 is 0 Å². The summed E-state index contributed by atoms with van der Waals surface area (Å²) in [6.45, 7) is 5.44. The first kappa shape index (κ1) is 13.8. The van der Waals surface area contributed by atoms with Crippen LogP contribution in [0.1, 0.15) is 13.8 Å². The zero-order valence-corrected chi connectivity index (χ0v) is 12.2. The SMILES string of the molecule is CCNC(=O)/C=C1\Sc2ccc(OC)cc2N1CC. The lowest BCUT2D eigenvalue weighted by atomic mass is 10.2. The van der Waals surface area contributed by atoms with E-state index in [9.17, 15) is 4.79 Å². The number of nitrogens with zero attached hydrogens (tertiary/aromatic N) is 1. The van der Waals surface area contributed by atoms with Gasteiger partial charge >= 0.3 is 0 Å². The summed E-state index contributed by atoms with van der Waals surface area (Å²) in [5, 5.41) is 3.74. The fourth-order valence-electron chi connectivity index (χ4n) is 1.98. The maximum Gasteiger partial charge on any atom is 0.246 e. The molecule has 0 unspecified atom stereocenters. The highest BCUT2D eigenvalue weighted by molar-refractivity contribution is 8.03. The number of benzene rings is 1. The summed E-state index contributed by atoms with van der Waals surface area (Å²) < 4.78 is 5.25. The summed E-state index contributed by atoms with van der Waals surface area (Å²) in [4.78, 5) is 15.0. The average molecular weight is 278 g/mol. The van der Waals surface area contributed by atoms with Crippen LogP contribution in [0.3, 0.4) is 0 Å². The van der Waals surface area contributed by atoms with Crippen LogP contribution >= 0.6 is 11.8 Å². The smallest absolute Gasteiger partial charge is 0.246 e. The Kier molecular flexibility index (Phi) is 4.37. The number of likely N-dealkylation sites (N-methyl/N-ethyl adjacent to an activating group) is 1. The van der Waals surface area contributed by atoms with Crippen LogP contribution in [0.2, 0.25) is 0 Å². The molecule has 19 heavy (non-hydrogen) atoms. The molecule has 2 rings (SSSR count). The van der Waals surface area contributed by atoms with E-state index >= 15 is 0 Å². The topological polar surface area (TPSA) is 41.6 Å². The van der Waals surface area contributed by atoms with Gasteiger partial charge in [0.1, 0.15) is 5.75 Å². The summed E-state index contributed by atoms with van der Waals surface area (Å²) in [7, 11) is 1.66. The molecule has 5 heteroatoms. The predicted octanol–water partition coefficient (Wildman–Crippen LogP) is 2.60. The number of carbonyl (C=O) groups is 1. The zero-order valence-electron chi connectivity index (χ0n) is 11.4. The van der Waals surface area contributed by atoms with Gasteiger partial charge in [0.05, 0.1) is 17.8 Å². The molecule has 0 aromatic heterocycles. The number of hydrogen-bond acceptors (Lipinski definition) is 4. The molecule has 0 aliphatic carbocycles. The first-order valence-electron chi connectivity index (χ1n) is 6.32. The van der Waals surface area contributed by atoms with Gasteiger partial charge in [0.25, 0.3) is 0 Å². The van der Waals surface area contributed by atoms with Crippen LogP contribution < -0.4 is 15.0 Å². The number of fused-ring (bicyclic) bond motifs is 1. The van der Waals surface area contributed by atoms with Gasteiger partial charge in [-0.1, -0.05) is 11.8 Å². The summed E-state index contributed by atoms with van der Waals surface area (Å²) in [5.41, 5.74) is 1.10. The molecule has 1 aliphatic rings. The number of methoxy groups -OCH3 is 1. The van der Waals surface area contributed by atoms with Gasteiger partial charge in [-0.05, 0) is 26.0 Å². The normalized spacial score (nSPS) is 15.5. The van der Waals surface area contributed by atoms with Crippen LogP contribution in [0.25, 0.3) is 0 Å². The Hall–Kier alpha value is -1.62. The lowest BCUT2D eigenvalue weighted by Gasteiger charge is -2.18. The first-order chi connectivity index (χ1) is 9.19. The largest absolute Gasteiger partial charge is 0.497 e. The minimum Gasteiger partial charge on any atom is -0.497 e. The van der Waals surface area contributed by atoms with E-state index in [1.165, 1.54) is 0 Å². The summed E-state index contributed by atoms with van der Waals surface area (Å²) in [6.07, 6.45) is 1.66. The molecular formula is C14H18N2O2S. The molecular weight excluding hydrogens is 260 g/mol. The van der Waals surface area contributed by atoms with Crippen LogP contribution in [-0.4, -0.2) is 26.1 Å². The highest BCUT2D eigenvalue weighted by atomic mass is 32.2. The summed E-state index contributed by atoms with van der Waals surface area (Å²) >= 11 is 1.61. The molecule has 0 atom stereocenters. The molecule has 1 aromatic carbocycles. The maximum atomic E-state index is 11.7. The Bertz CT molecular complexity index is 514. The quantitative estimate of drug-likeness (QED) is 0.860. The second-order valence-electron chi connectivity index (χ2n) is 4.06. The number of hydrogen-bond donors (Lipinski definition) is 1. The van der Waals surface area contributed by atoms with Gasteiger partial charge in [0, 0.05) is 30.1 Å². The Balaban J connectivity index is 2.30. The molecule has 1 heterocycles. The van der Waals surface area contributed by atoms with Crippen molar-refractivity contribution in [2.24, 2.45) is 0 Å². The summed E-state index contributed by atoms with van der Waals surface area (Å²) in [5.74, 6) is 0.778. The highest BCUT2D eigenvalue weighted by Crippen LogP contribution is 2.46. The van der Waals surface area contributed by atoms with Crippen LogP contribution in [-0.2, 0) is 4.79 Å². The number of ether oxygens (including phenoxy) is 1. The minimum atomic E-state index is -0.0526. The van der Waals surface area contributed by atoms with Crippen molar-refractivity contribution >= 4 is 23.4 Å². The van der Waals surface area contributed by atoms with E-state index in [1.54, 1.807) is 24.9 Å². The van der Waals surface area contributed by atoms with Gasteiger partial charge in [-0.25, -0.2) is 0 Å².